The van der Waals surface area contributed by atoms with Gasteiger partial charge in [-0.15, -0.1) is 0 Å². The van der Waals surface area contributed by atoms with E-state index >= 15 is 0 Å². The normalized spacial score (nSPS) is 10.1. The summed E-state index contributed by atoms with van der Waals surface area (Å²) in [7, 11) is 0. The standard InChI is InChI=1S/C8H10BrFN2O/c9-5-3-8(12-1-2-13)7(11)4-6(5)10/h3-4,12-13H,1-2,11H2. The van der Waals surface area contributed by atoms with Gasteiger partial charge < -0.3 is 16.2 Å². The van der Waals surface area contributed by atoms with Crippen molar-refractivity contribution >= 4 is 27.3 Å². The number of benzene rings is 1. The molecule has 0 radical (unpaired) electrons. The van der Waals surface area contributed by atoms with Crippen molar-refractivity contribution in [3.8, 4) is 0 Å². The van der Waals surface area contributed by atoms with Crippen LogP contribution < -0.4 is 11.1 Å². The van der Waals surface area contributed by atoms with Crippen molar-refractivity contribution in [3.05, 3.63) is 22.4 Å². The molecular formula is C8H10BrFN2O. The number of nitrogen functional groups attached to an aromatic ring is 1. The largest absolute Gasteiger partial charge is 0.397 e. The number of nitrogens with one attached hydrogen (secondary N) is 1. The van der Waals surface area contributed by atoms with Crippen LogP contribution in [0.3, 0.4) is 0 Å². The number of hydrogen-bond donors (Lipinski definition) is 3. The second kappa shape index (κ2) is 4.43. The van der Waals surface area contributed by atoms with E-state index in [1.807, 2.05) is 0 Å². The van der Waals surface area contributed by atoms with Gasteiger partial charge in [-0.3, -0.25) is 0 Å². The molecule has 0 aliphatic carbocycles. The van der Waals surface area contributed by atoms with Crippen LogP contribution in [0.25, 0.3) is 0 Å². The number of halogens is 2. The Balaban J connectivity index is 2.88. The van der Waals surface area contributed by atoms with E-state index in [0.29, 0.717) is 22.4 Å². The summed E-state index contributed by atoms with van der Waals surface area (Å²) in [5.41, 5.74) is 6.47. The van der Waals surface area contributed by atoms with Crippen molar-refractivity contribution in [2.24, 2.45) is 0 Å². The van der Waals surface area contributed by atoms with Crippen molar-refractivity contribution in [2.45, 2.75) is 0 Å². The lowest BCUT2D eigenvalue weighted by atomic mass is 10.2. The summed E-state index contributed by atoms with van der Waals surface area (Å²) in [6, 6.07) is 2.77. The maximum atomic E-state index is 12.9. The van der Waals surface area contributed by atoms with Crippen molar-refractivity contribution in [3.63, 3.8) is 0 Å². The lowest BCUT2D eigenvalue weighted by molar-refractivity contribution is 0.311. The van der Waals surface area contributed by atoms with E-state index in [1.165, 1.54) is 6.07 Å². The highest BCUT2D eigenvalue weighted by Gasteiger charge is 2.04. The van der Waals surface area contributed by atoms with Gasteiger partial charge in [0.25, 0.3) is 0 Å². The zero-order valence-corrected chi connectivity index (χ0v) is 8.44. The molecule has 1 rings (SSSR count). The molecule has 0 heterocycles. The quantitative estimate of drug-likeness (QED) is 0.712. The molecule has 0 aliphatic heterocycles. The minimum Gasteiger partial charge on any atom is -0.397 e. The highest BCUT2D eigenvalue weighted by molar-refractivity contribution is 9.10. The Morgan fingerprint density at radius 2 is 2.23 bits per heavy atom. The van der Waals surface area contributed by atoms with Gasteiger partial charge in [0.05, 0.1) is 22.5 Å². The first-order chi connectivity index (χ1) is 6.15. The van der Waals surface area contributed by atoms with Gasteiger partial charge in [-0.25, -0.2) is 4.39 Å². The fourth-order valence-electron chi connectivity index (χ4n) is 0.906. The van der Waals surface area contributed by atoms with Crippen molar-refractivity contribution in [1.82, 2.24) is 0 Å². The molecular weight excluding hydrogens is 239 g/mol. The molecule has 0 unspecified atom stereocenters. The van der Waals surface area contributed by atoms with Crippen LogP contribution in [0.4, 0.5) is 15.8 Å². The van der Waals surface area contributed by atoms with Gasteiger partial charge in [0.2, 0.25) is 0 Å². The van der Waals surface area contributed by atoms with Gasteiger partial charge in [0, 0.05) is 12.6 Å². The average molecular weight is 249 g/mol. The summed E-state index contributed by atoms with van der Waals surface area (Å²) in [4.78, 5) is 0. The number of aliphatic hydroxyl groups excluding tert-OH is 1. The molecule has 5 heteroatoms. The fraction of sp³-hybridized carbons (Fsp3) is 0.250. The van der Waals surface area contributed by atoms with E-state index in [2.05, 4.69) is 21.2 Å². The Morgan fingerprint density at radius 1 is 1.54 bits per heavy atom. The Bertz CT molecular complexity index is 306. The van der Waals surface area contributed by atoms with Gasteiger partial charge in [-0.2, -0.15) is 0 Å². The molecule has 0 bridgehead atoms. The predicted octanol–water partition coefficient (Wildman–Crippen LogP) is 1.57. The predicted molar refractivity (Wildman–Crippen MR) is 54.1 cm³/mol. The third-order valence-corrected chi connectivity index (χ3v) is 2.13. The van der Waals surface area contributed by atoms with E-state index in [9.17, 15) is 4.39 Å². The second-order valence-corrected chi connectivity index (χ2v) is 3.36. The number of anilines is 2. The van der Waals surface area contributed by atoms with Crippen LogP contribution in [0, 0.1) is 5.82 Å². The van der Waals surface area contributed by atoms with E-state index < -0.39 is 5.82 Å². The molecule has 0 saturated heterocycles. The summed E-state index contributed by atoms with van der Waals surface area (Å²) in [6.07, 6.45) is 0. The summed E-state index contributed by atoms with van der Waals surface area (Å²) < 4.78 is 13.2. The van der Waals surface area contributed by atoms with Gasteiger partial charge in [0.15, 0.2) is 0 Å². The molecule has 0 aromatic heterocycles. The molecule has 0 spiro atoms. The van der Waals surface area contributed by atoms with Crippen LogP contribution in [0.5, 0.6) is 0 Å². The first-order valence-electron chi connectivity index (χ1n) is 3.74. The fourth-order valence-corrected chi connectivity index (χ4v) is 1.25. The van der Waals surface area contributed by atoms with Crippen molar-refractivity contribution < 1.29 is 9.50 Å². The molecule has 3 nitrogen and oxygen atoms in total. The van der Waals surface area contributed by atoms with Crippen LogP contribution >= 0.6 is 15.9 Å². The Kier molecular flexibility index (Phi) is 3.50. The highest BCUT2D eigenvalue weighted by Crippen LogP contribution is 2.26. The van der Waals surface area contributed by atoms with E-state index in [0.717, 1.165) is 0 Å². The molecule has 0 aliphatic rings. The third kappa shape index (κ3) is 2.57. The van der Waals surface area contributed by atoms with Gasteiger partial charge >= 0.3 is 0 Å². The summed E-state index contributed by atoms with van der Waals surface area (Å²) in [5.74, 6) is -0.396. The zero-order chi connectivity index (χ0) is 9.84. The van der Waals surface area contributed by atoms with Crippen molar-refractivity contribution in [1.29, 1.82) is 0 Å². The molecule has 1 aromatic rings. The summed E-state index contributed by atoms with van der Waals surface area (Å²) in [5, 5.41) is 11.4. The monoisotopic (exact) mass is 248 g/mol. The lowest BCUT2D eigenvalue weighted by Gasteiger charge is -2.08. The number of aliphatic hydroxyl groups is 1. The van der Waals surface area contributed by atoms with Gasteiger partial charge in [-0.1, -0.05) is 0 Å². The maximum absolute atomic E-state index is 12.9. The SMILES string of the molecule is Nc1cc(F)c(Br)cc1NCCO. The Morgan fingerprint density at radius 3 is 2.85 bits per heavy atom. The van der Waals surface area contributed by atoms with Gasteiger partial charge in [-0.05, 0) is 22.0 Å². The van der Waals surface area contributed by atoms with E-state index in [4.69, 9.17) is 10.8 Å². The third-order valence-electron chi connectivity index (χ3n) is 1.52. The molecule has 0 fully saturated rings. The van der Waals surface area contributed by atoms with Crippen LogP contribution in [0.1, 0.15) is 0 Å². The van der Waals surface area contributed by atoms with Crippen LogP contribution in [0.15, 0.2) is 16.6 Å². The Hall–Kier alpha value is -0.810. The molecule has 13 heavy (non-hydrogen) atoms. The Labute approximate surface area is 83.9 Å². The van der Waals surface area contributed by atoms with E-state index in [-0.39, 0.29) is 6.61 Å². The van der Waals surface area contributed by atoms with Crippen LogP contribution in [-0.4, -0.2) is 18.3 Å². The number of rotatable bonds is 3. The maximum Gasteiger partial charge on any atom is 0.139 e. The van der Waals surface area contributed by atoms with Gasteiger partial charge in [0.1, 0.15) is 5.82 Å². The smallest absolute Gasteiger partial charge is 0.139 e. The highest BCUT2D eigenvalue weighted by atomic mass is 79.9. The molecule has 0 atom stereocenters. The number of nitrogens with two attached hydrogens (primary N) is 1. The summed E-state index contributed by atoms with van der Waals surface area (Å²) >= 11 is 3.04. The minimum atomic E-state index is -0.396. The topological polar surface area (TPSA) is 58.3 Å². The van der Waals surface area contributed by atoms with Crippen LogP contribution in [0.2, 0.25) is 0 Å². The van der Waals surface area contributed by atoms with Crippen molar-refractivity contribution in [2.75, 3.05) is 24.2 Å². The second-order valence-electron chi connectivity index (χ2n) is 2.50. The zero-order valence-electron chi connectivity index (χ0n) is 6.85. The first-order valence-corrected chi connectivity index (χ1v) is 4.53. The molecule has 72 valence electrons. The average Bonchev–Trinajstić information content (AvgIpc) is 2.09. The molecule has 0 saturated carbocycles. The molecule has 1 aromatic carbocycles. The van der Waals surface area contributed by atoms with E-state index in [1.54, 1.807) is 6.07 Å². The summed E-state index contributed by atoms with van der Waals surface area (Å²) in [6.45, 7) is 0.400. The minimum absolute atomic E-state index is 0.00837. The number of hydrogen-bond acceptors (Lipinski definition) is 3. The molecule has 0 amide bonds. The first kappa shape index (κ1) is 10.3. The van der Waals surface area contributed by atoms with Crippen LogP contribution in [-0.2, 0) is 0 Å². The lowest BCUT2D eigenvalue weighted by Crippen LogP contribution is -2.07. The molecule has 4 N–H and O–H groups in total.